The summed E-state index contributed by atoms with van der Waals surface area (Å²) in [4.78, 5) is 13.2. The van der Waals surface area contributed by atoms with E-state index in [1.807, 2.05) is 36.4 Å². The molecule has 0 heterocycles. The van der Waals surface area contributed by atoms with Crippen LogP contribution in [0, 0.1) is 0 Å². The van der Waals surface area contributed by atoms with Gasteiger partial charge < -0.3 is 14.8 Å². The number of benzene rings is 4. The van der Waals surface area contributed by atoms with Gasteiger partial charge in [-0.15, -0.1) is 0 Å². The zero-order chi connectivity index (χ0) is 24.1. The average Bonchev–Trinajstić information content (AvgIpc) is 2.87. The van der Waals surface area contributed by atoms with Crippen molar-refractivity contribution in [2.75, 3.05) is 30.4 Å². The van der Waals surface area contributed by atoms with E-state index in [0.29, 0.717) is 17.2 Å². The van der Waals surface area contributed by atoms with Gasteiger partial charge in [-0.1, -0.05) is 54.6 Å². The summed E-state index contributed by atoms with van der Waals surface area (Å²) in [7, 11) is -1.10. The average molecular weight is 477 g/mol. The number of sulfonamides is 1. The molecular formula is C26H24N2O5S. The minimum Gasteiger partial charge on any atom is -0.493 e. The highest BCUT2D eigenvalue weighted by molar-refractivity contribution is 7.92. The summed E-state index contributed by atoms with van der Waals surface area (Å²) in [6.45, 7) is -0.435. The third kappa shape index (κ3) is 4.67. The van der Waals surface area contributed by atoms with Gasteiger partial charge in [-0.25, -0.2) is 8.42 Å². The number of nitrogens with one attached hydrogen (secondary N) is 1. The molecule has 0 aliphatic rings. The molecule has 4 aromatic carbocycles. The van der Waals surface area contributed by atoms with Crippen LogP contribution in [0.5, 0.6) is 11.5 Å². The lowest BCUT2D eigenvalue weighted by atomic mass is 10.1. The van der Waals surface area contributed by atoms with Gasteiger partial charge in [0.2, 0.25) is 5.91 Å². The molecule has 7 nitrogen and oxygen atoms in total. The number of ether oxygens (including phenoxy) is 2. The first kappa shape index (κ1) is 23.1. The molecule has 174 valence electrons. The van der Waals surface area contributed by atoms with E-state index in [-0.39, 0.29) is 10.6 Å². The Balaban J connectivity index is 1.72. The number of hydrogen-bond donors (Lipinski definition) is 1. The minimum atomic E-state index is -4.05. The van der Waals surface area contributed by atoms with E-state index >= 15 is 0 Å². The van der Waals surface area contributed by atoms with Gasteiger partial charge in [0.25, 0.3) is 10.0 Å². The normalized spacial score (nSPS) is 11.1. The van der Waals surface area contributed by atoms with Gasteiger partial charge in [0.15, 0.2) is 11.5 Å². The fraction of sp³-hybridized carbons (Fsp3) is 0.115. The van der Waals surface area contributed by atoms with E-state index in [9.17, 15) is 13.2 Å². The molecule has 0 spiro atoms. The number of anilines is 2. The van der Waals surface area contributed by atoms with Gasteiger partial charge >= 0.3 is 0 Å². The van der Waals surface area contributed by atoms with E-state index in [4.69, 9.17) is 9.47 Å². The Morgan fingerprint density at radius 2 is 1.50 bits per heavy atom. The van der Waals surface area contributed by atoms with Crippen molar-refractivity contribution in [2.45, 2.75) is 4.90 Å². The summed E-state index contributed by atoms with van der Waals surface area (Å²) >= 11 is 0. The molecule has 0 unspecified atom stereocenters. The minimum absolute atomic E-state index is 0.0720. The molecule has 1 N–H and O–H groups in total. The summed E-state index contributed by atoms with van der Waals surface area (Å²) in [5, 5.41) is 4.69. The Morgan fingerprint density at radius 1 is 0.824 bits per heavy atom. The van der Waals surface area contributed by atoms with Crippen LogP contribution in [-0.2, 0) is 14.8 Å². The maximum absolute atomic E-state index is 13.6. The van der Waals surface area contributed by atoms with Crippen molar-refractivity contribution in [3.63, 3.8) is 0 Å². The fourth-order valence-electron chi connectivity index (χ4n) is 3.67. The van der Waals surface area contributed by atoms with Crippen molar-refractivity contribution >= 4 is 38.1 Å². The van der Waals surface area contributed by atoms with Crippen molar-refractivity contribution in [3.8, 4) is 11.5 Å². The molecule has 1 amide bonds. The molecule has 0 saturated carbocycles. The highest BCUT2D eigenvalue weighted by Crippen LogP contribution is 2.34. The van der Waals surface area contributed by atoms with Crippen molar-refractivity contribution in [2.24, 2.45) is 0 Å². The van der Waals surface area contributed by atoms with Gasteiger partial charge in [-0.2, -0.15) is 0 Å². The predicted molar refractivity (Wildman–Crippen MR) is 133 cm³/mol. The predicted octanol–water partition coefficient (Wildman–Crippen LogP) is 4.69. The summed E-state index contributed by atoms with van der Waals surface area (Å²) < 4.78 is 38.8. The number of hydrogen-bond acceptors (Lipinski definition) is 5. The summed E-state index contributed by atoms with van der Waals surface area (Å²) in [6, 6.07) is 25.9. The van der Waals surface area contributed by atoms with Gasteiger partial charge in [-0.05, 0) is 35.7 Å². The second-order valence-corrected chi connectivity index (χ2v) is 9.30. The van der Waals surface area contributed by atoms with Crippen molar-refractivity contribution in [1.29, 1.82) is 0 Å². The van der Waals surface area contributed by atoms with Crippen LogP contribution < -0.4 is 19.1 Å². The number of carbonyl (C=O) groups is 1. The second-order valence-electron chi connectivity index (χ2n) is 7.44. The Hall–Kier alpha value is -4.04. The first-order chi connectivity index (χ1) is 16.4. The van der Waals surface area contributed by atoms with E-state index in [1.165, 1.54) is 32.4 Å². The van der Waals surface area contributed by atoms with Crippen LogP contribution >= 0.6 is 0 Å². The van der Waals surface area contributed by atoms with Gasteiger partial charge in [0.05, 0.1) is 24.8 Å². The third-order valence-corrected chi connectivity index (χ3v) is 7.13. The van der Waals surface area contributed by atoms with Crippen LogP contribution in [0.3, 0.4) is 0 Å². The number of carbonyl (C=O) groups excluding carboxylic acids is 1. The van der Waals surface area contributed by atoms with Gasteiger partial charge in [0.1, 0.15) is 6.54 Å². The summed E-state index contributed by atoms with van der Waals surface area (Å²) in [6.07, 6.45) is 0. The Bertz CT molecular complexity index is 1420. The summed E-state index contributed by atoms with van der Waals surface area (Å²) in [5.74, 6) is 0.317. The highest BCUT2D eigenvalue weighted by atomic mass is 32.2. The molecule has 0 bridgehead atoms. The van der Waals surface area contributed by atoms with Crippen LogP contribution in [0.2, 0.25) is 0 Å². The quantitative estimate of drug-likeness (QED) is 0.399. The van der Waals surface area contributed by atoms with Crippen LogP contribution in [0.15, 0.2) is 95.9 Å². The number of fused-ring (bicyclic) bond motifs is 1. The van der Waals surface area contributed by atoms with Crippen molar-refractivity contribution in [1.82, 2.24) is 0 Å². The molecule has 4 aromatic rings. The lowest BCUT2D eigenvalue weighted by Gasteiger charge is -2.25. The van der Waals surface area contributed by atoms with E-state index in [1.54, 1.807) is 36.4 Å². The Morgan fingerprint density at radius 3 is 2.24 bits per heavy atom. The van der Waals surface area contributed by atoms with Crippen LogP contribution in [0.1, 0.15) is 0 Å². The lowest BCUT2D eigenvalue weighted by Crippen LogP contribution is -2.38. The fourth-order valence-corrected chi connectivity index (χ4v) is 5.10. The highest BCUT2D eigenvalue weighted by Gasteiger charge is 2.28. The lowest BCUT2D eigenvalue weighted by molar-refractivity contribution is -0.114. The number of nitrogens with zero attached hydrogens (tertiary/aromatic N) is 1. The van der Waals surface area contributed by atoms with Gasteiger partial charge in [-0.3, -0.25) is 9.10 Å². The zero-order valence-corrected chi connectivity index (χ0v) is 19.6. The topological polar surface area (TPSA) is 84.9 Å². The molecule has 34 heavy (non-hydrogen) atoms. The van der Waals surface area contributed by atoms with Crippen molar-refractivity contribution < 1.29 is 22.7 Å². The molecule has 0 radical (unpaired) electrons. The van der Waals surface area contributed by atoms with Crippen LogP contribution in [0.4, 0.5) is 11.4 Å². The second kappa shape index (κ2) is 9.84. The zero-order valence-electron chi connectivity index (χ0n) is 18.8. The molecule has 0 saturated heterocycles. The number of methoxy groups -OCH3 is 2. The largest absolute Gasteiger partial charge is 0.493 e. The standard InChI is InChI=1S/C26H24N2O5S/c1-32-24-16-15-20(17-25(24)33-2)28(34(30,31)21-11-4-3-5-12-21)18-26(29)27-23-14-8-10-19-9-6-7-13-22(19)23/h3-17H,18H2,1-2H3,(H,27,29). The number of rotatable bonds is 8. The third-order valence-electron chi connectivity index (χ3n) is 5.34. The smallest absolute Gasteiger partial charge is 0.264 e. The molecule has 8 heteroatoms. The SMILES string of the molecule is COc1ccc(N(CC(=O)Nc2cccc3ccccc23)S(=O)(=O)c2ccccc2)cc1OC. The molecule has 0 aliphatic carbocycles. The molecule has 0 aromatic heterocycles. The van der Waals surface area contributed by atoms with Crippen LogP contribution in [0.25, 0.3) is 10.8 Å². The molecular weight excluding hydrogens is 452 g/mol. The molecule has 0 atom stereocenters. The number of amides is 1. The summed E-state index contributed by atoms with van der Waals surface area (Å²) in [5.41, 5.74) is 0.877. The van der Waals surface area contributed by atoms with E-state index in [0.717, 1.165) is 15.1 Å². The Kier molecular flexibility index (Phi) is 6.70. The molecule has 4 rings (SSSR count). The Labute approximate surface area is 198 Å². The van der Waals surface area contributed by atoms with Crippen molar-refractivity contribution in [3.05, 3.63) is 91.0 Å². The first-order valence-electron chi connectivity index (χ1n) is 10.5. The van der Waals surface area contributed by atoms with Crippen LogP contribution in [-0.4, -0.2) is 35.1 Å². The first-order valence-corrected chi connectivity index (χ1v) is 12.0. The maximum atomic E-state index is 13.6. The van der Waals surface area contributed by atoms with Gasteiger partial charge in [0, 0.05) is 17.1 Å². The monoisotopic (exact) mass is 476 g/mol. The molecule has 0 aliphatic heterocycles. The maximum Gasteiger partial charge on any atom is 0.264 e. The van der Waals surface area contributed by atoms with E-state index < -0.39 is 22.5 Å². The molecule has 0 fully saturated rings. The van der Waals surface area contributed by atoms with E-state index in [2.05, 4.69) is 5.32 Å².